The van der Waals surface area contributed by atoms with Gasteiger partial charge in [0, 0.05) is 31.7 Å². The highest BCUT2D eigenvalue weighted by Crippen LogP contribution is 2.42. The summed E-state index contributed by atoms with van der Waals surface area (Å²) in [5, 5.41) is -0.226. The normalized spacial score (nSPS) is 13.6. The number of ether oxygens (including phenoxy) is 5. The number of hydrogen-bond donors (Lipinski definition) is 1. The van der Waals surface area contributed by atoms with Gasteiger partial charge < -0.3 is 28.6 Å². The maximum Gasteiger partial charge on any atom is 0.320 e. The van der Waals surface area contributed by atoms with Crippen LogP contribution in [0.5, 0.6) is 29.1 Å². The number of morpholine rings is 1. The number of halogens is 1. The van der Waals surface area contributed by atoms with Gasteiger partial charge >= 0.3 is 12.3 Å². The van der Waals surface area contributed by atoms with Crippen LogP contribution in [0.1, 0.15) is 12.5 Å². The van der Waals surface area contributed by atoms with Gasteiger partial charge in [-0.05, 0) is 59.5 Å². The molecule has 1 aliphatic rings. The summed E-state index contributed by atoms with van der Waals surface area (Å²) in [6.07, 6.45) is 3.17. The molecule has 1 saturated heterocycles. The predicted octanol–water partition coefficient (Wildman–Crippen LogP) is 3.98. The van der Waals surface area contributed by atoms with Crippen LogP contribution in [0.15, 0.2) is 64.5 Å². The highest BCUT2D eigenvalue weighted by molar-refractivity contribution is 9.10. The number of aromatic nitrogens is 5. The quantitative estimate of drug-likeness (QED) is 0.177. The first-order valence-electron chi connectivity index (χ1n) is 13.5. The van der Waals surface area contributed by atoms with Gasteiger partial charge in [0.1, 0.15) is 0 Å². The summed E-state index contributed by atoms with van der Waals surface area (Å²) < 4.78 is 59.5. The van der Waals surface area contributed by atoms with Crippen LogP contribution in [0, 0.1) is 18.8 Å². The van der Waals surface area contributed by atoms with Crippen molar-refractivity contribution in [2.24, 2.45) is 0 Å². The second-order valence-electron chi connectivity index (χ2n) is 9.28. The highest BCUT2D eigenvalue weighted by atomic mass is 79.9. The van der Waals surface area contributed by atoms with E-state index in [1.807, 2.05) is 4.90 Å². The number of nitrogens with zero attached hydrogens (tertiary/aromatic N) is 6. The van der Waals surface area contributed by atoms with Crippen molar-refractivity contribution in [3.63, 3.8) is 0 Å². The van der Waals surface area contributed by atoms with Gasteiger partial charge in [-0.3, -0.25) is 4.72 Å². The molecule has 4 aromatic rings. The van der Waals surface area contributed by atoms with E-state index in [0.29, 0.717) is 36.5 Å². The van der Waals surface area contributed by atoms with Crippen molar-refractivity contribution >= 4 is 37.7 Å². The third-order valence-corrected chi connectivity index (χ3v) is 7.74. The molecule has 5 rings (SSSR count). The van der Waals surface area contributed by atoms with E-state index in [0.717, 1.165) is 5.56 Å². The summed E-state index contributed by atoms with van der Waals surface area (Å²) >= 11 is 3.29. The molecule has 14 nitrogen and oxygen atoms in total. The molecule has 0 radical (unpaired) electrons. The van der Waals surface area contributed by atoms with Crippen LogP contribution in [0.4, 0.5) is 11.8 Å². The first kappa shape index (κ1) is 31.7. The highest BCUT2D eigenvalue weighted by Gasteiger charge is 2.29. The molecule has 0 spiro atoms. The number of aryl methyl sites for hydroxylation is 1. The number of nitrogens with one attached hydrogen (secondary N) is 1. The lowest BCUT2D eigenvalue weighted by molar-refractivity contribution is 0.0412. The van der Waals surface area contributed by atoms with Crippen LogP contribution >= 0.6 is 15.9 Å². The van der Waals surface area contributed by atoms with E-state index in [1.54, 1.807) is 44.2 Å². The average Bonchev–Trinajstić information content (AvgIpc) is 3.04. The minimum atomic E-state index is -4.26. The Labute approximate surface area is 268 Å². The minimum absolute atomic E-state index is 0.0213. The molecule has 1 fully saturated rings. The van der Waals surface area contributed by atoms with Crippen molar-refractivity contribution in [2.75, 3.05) is 43.0 Å². The molecule has 3 aromatic heterocycles. The zero-order valence-electron chi connectivity index (χ0n) is 24.4. The fourth-order valence-electron chi connectivity index (χ4n) is 3.93. The second-order valence-corrected chi connectivity index (χ2v) is 11.8. The SMILES string of the molecule is CC#CC(Oc1ncc(Br)cn1)Oc1nc(N2CCOCC2)nc(NS(=O)(=O)c2ccc(C)cn2)c1Oc1ccccc1OC. The molecule has 1 atom stereocenters. The summed E-state index contributed by atoms with van der Waals surface area (Å²) in [5.41, 5.74) is 0.791. The number of methoxy groups -OCH3 is 1. The van der Waals surface area contributed by atoms with Crippen LogP contribution in [-0.4, -0.2) is 73.0 Å². The zero-order valence-corrected chi connectivity index (χ0v) is 26.8. The summed E-state index contributed by atoms with van der Waals surface area (Å²) in [6, 6.07) is 9.79. The molecule has 0 amide bonds. The Hall–Kier alpha value is -4.72. The predicted molar refractivity (Wildman–Crippen MR) is 166 cm³/mol. The van der Waals surface area contributed by atoms with E-state index >= 15 is 0 Å². The van der Waals surface area contributed by atoms with E-state index in [9.17, 15) is 8.42 Å². The van der Waals surface area contributed by atoms with Crippen LogP contribution in [0.3, 0.4) is 0 Å². The number of para-hydroxylation sites is 2. The number of hydrogen-bond acceptors (Lipinski definition) is 13. The largest absolute Gasteiger partial charge is 0.493 e. The van der Waals surface area contributed by atoms with Crippen LogP contribution in [-0.2, 0) is 14.8 Å². The molecule has 0 bridgehead atoms. The second kappa shape index (κ2) is 14.4. The third kappa shape index (κ3) is 8.06. The average molecular weight is 699 g/mol. The lowest BCUT2D eigenvalue weighted by Gasteiger charge is -2.28. The Morgan fingerprint density at radius 1 is 1.00 bits per heavy atom. The molecule has 45 heavy (non-hydrogen) atoms. The van der Waals surface area contributed by atoms with Crippen molar-refractivity contribution in [3.8, 4) is 41.0 Å². The monoisotopic (exact) mass is 697 g/mol. The molecule has 0 saturated carbocycles. The Bertz CT molecular complexity index is 1790. The van der Waals surface area contributed by atoms with Crippen molar-refractivity contribution in [3.05, 3.63) is 65.0 Å². The molecule has 1 unspecified atom stereocenters. The molecule has 1 aliphatic heterocycles. The van der Waals surface area contributed by atoms with E-state index in [1.165, 1.54) is 31.8 Å². The zero-order chi connectivity index (χ0) is 31.8. The summed E-state index contributed by atoms with van der Waals surface area (Å²) in [5.74, 6) is 5.70. The Morgan fingerprint density at radius 2 is 1.73 bits per heavy atom. The van der Waals surface area contributed by atoms with Gasteiger partial charge in [-0.15, -0.1) is 0 Å². The molecule has 4 heterocycles. The van der Waals surface area contributed by atoms with Crippen molar-refractivity contribution in [1.29, 1.82) is 0 Å². The maximum atomic E-state index is 13.6. The van der Waals surface area contributed by atoms with Crippen LogP contribution < -0.4 is 28.6 Å². The van der Waals surface area contributed by atoms with Gasteiger partial charge in [0.05, 0.1) is 24.8 Å². The first-order valence-corrected chi connectivity index (χ1v) is 15.8. The van der Waals surface area contributed by atoms with Gasteiger partial charge in [-0.25, -0.2) is 15.0 Å². The fraction of sp³-hybridized carbons (Fsp3) is 0.276. The molecular formula is C29H28BrN7O7S. The Balaban J connectivity index is 1.64. The van der Waals surface area contributed by atoms with Crippen molar-refractivity contribution < 1.29 is 32.1 Å². The van der Waals surface area contributed by atoms with E-state index in [-0.39, 0.29) is 40.2 Å². The molecular weight excluding hydrogens is 670 g/mol. The van der Waals surface area contributed by atoms with E-state index in [2.05, 4.69) is 57.4 Å². The number of rotatable bonds is 11. The Kier molecular flexibility index (Phi) is 10.1. The standard InChI is InChI=1S/C29H28BrN7O7S/c1-4-7-24(44-29-32-17-20(30)18-33-29)43-27-25(42-22-9-6-5-8-21(22)40-3)26(34-28(35-27)37-12-14-41-15-13-37)36-45(38,39)23-11-10-19(2)16-31-23/h5-6,8-11,16-18,24H,12-15H2,1-3H3,(H,34,35,36). The molecule has 1 aromatic carbocycles. The van der Waals surface area contributed by atoms with Crippen molar-refractivity contribution in [1.82, 2.24) is 24.9 Å². The smallest absolute Gasteiger partial charge is 0.320 e. The van der Waals surface area contributed by atoms with Gasteiger partial charge in [-0.1, -0.05) is 24.1 Å². The van der Waals surface area contributed by atoms with Crippen LogP contribution in [0.25, 0.3) is 0 Å². The lowest BCUT2D eigenvalue weighted by Crippen LogP contribution is -2.37. The van der Waals surface area contributed by atoms with Gasteiger partial charge in [0.25, 0.3) is 15.9 Å². The maximum absolute atomic E-state index is 13.6. The molecule has 16 heteroatoms. The van der Waals surface area contributed by atoms with Crippen molar-refractivity contribution in [2.45, 2.75) is 25.2 Å². The molecule has 0 aliphatic carbocycles. The van der Waals surface area contributed by atoms with Gasteiger partial charge in [0.2, 0.25) is 11.7 Å². The minimum Gasteiger partial charge on any atom is -0.493 e. The number of pyridine rings is 1. The van der Waals surface area contributed by atoms with E-state index in [4.69, 9.17) is 23.7 Å². The van der Waals surface area contributed by atoms with Crippen LogP contribution in [0.2, 0.25) is 0 Å². The van der Waals surface area contributed by atoms with Gasteiger partial charge in [0.15, 0.2) is 22.3 Å². The third-order valence-electron chi connectivity index (χ3n) is 6.08. The number of sulfonamides is 1. The lowest BCUT2D eigenvalue weighted by atomic mass is 10.3. The number of anilines is 2. The Morgan fingerprint density at radius 3 is 2.40 bits per heavy atom. The summed E-state index contributed by atoms with van der Waals surface area (Å²) in [7, 11) is -2.79. The van der Waals surface area contributed by atoms with Gasteiger partial charge in [-0.2, -0.15) is 18.4 Å². The van der Waals surface area contributed by atoms with E-state index < -0.39 is 16.3 Å². The summed E-state index contributed by atoms with van der Waals surface area (Å²) in [6.45, 7) is 5.12. The first-order chi connectivity index (χ1) is 21.8. The molecule has 234 valence electrons. The number of benzene rings is 1. The molecule has 1 N–H and O–H groups in total. The summed E-state index contributed by atoms with van der Waals surface area (Å²) in [4.78, 5) is 23.3. The topological polar surface area (TPSA) is 160 Å². The fourth-order valence-corrected chi connectivity index (χ4v) is 5.07.